The van der Waals surface area contributed by atoms with Gasteiger partial charge in [0.25, 0.3) is 0 Å². The van der Waals surface area contributed by atoms with E-state index in [1.54, 1.807) is 7.14 Å². The Morgan fingerprint density at radius 3 is 0.818 bits per heavy atom. The summed E-state index contributed by atoms with van der Waals surface area (Å²) in [7, 11) is 0. The molecule has 44 heavy (non-hydrogen) atoms. The first-order valence-electron chi connectivity index (χ1n) is 16.1. The topological polar surface area (TPSA) is 0 Å². The van der Waals surface area contributed by atoms with Crippen molar-refractivity contribution in [3.05, 3.63) is 66.8 Å². The van der Waals surface area contributed by atoms with E-state index in [0.717, 1.165) is 0 Å². The first kappa shape index (κ1) is 55.7. The first-order valence-corrected chi connectivity index (χ1v) is 18.3. The number of hydrogen-bond acceptors (Lipinski definition) is 0. The average molecular weight is 807 g/mol. The second kappa shape index (κ2) is 40.3. The Hall–Kier alpha value is -0.692. The molecule has 2 rings (SSSR count). The van der Waals surface area contributed by atoms with Gasteiger partial charge in [0.1, 0.15) is 0 Å². The molecule has 0 heterocycles. The second-order valence-electron chi connectivity index (χ2n) is 11.2. The van der Waals surface area contributed by atoms with Gasteiger partial charge >= 0.3 is 39.2 Å². The number of benzene rings is 2. The average Bonchev–Trinajstić information content (AvgIpc) is 2.92. The molecule has 0 saturated heterocycles. The third-order valence-electron chi connectivity index (χ3n) is 7.68. The zero-order valence-corrected chi connectivity index (χ0v) is 31.3. The van der Waals surface area contributed by atoms with Crippen LogP contribution in [-0.2, 0) is 12.8 Å². The molecule has 0 unspecified atom stereocenters. The Kier molecular flexibility index (Phi) is 51.1. The fourth-order valence-corrected chi connectivity index (χ4v) is 7.34. The molecule has 0 aliphatic carbocycles. The van der Waals surface area contributed by atoms with Crippen LogP contribution >= 0.6 is 0 Å². The van der Waals surface area contributed by atoms with Crippen molar-refractivity contribution in [3.63, 3.8) is 0 Å². The molecule has 0 N–H and O–H groups in total. The van der Waals surface area contributed by atoms with Crippen LogP contribution in [-0.4, -0.2) is 18.0 Å². The van der Waals surface area contributed by atoms with Crippen molar-refractivity contribution < 1.29 is 49.4 Å². The van der Waals surface area contributed by atoms with Crippen LogP contribution in [0.3, 0.4) is 0 Å². The molecule has 2 aromatic carbocycles. The van der Waals surface area contributed by atoms with Crippen molar-refractivity contribution in [1.82, 2.24) is 0 Å². The van der Waals surface area contributed by atoms with Gasteiger partial charge in [-0.2, -0.15) is 0 Å². The molecule has 0 amide bonds. The van der Waals surface area contributed by atoms with Gasteiger partial charge in [-0.1, -0.05) is 154 Å². The van der Waals surface area contributed by atoms with Crippen molar-refractivity contribution in [1.29, 1.82) is 0 Å². The Bertz CT molecular complexity index is 712. The smallest absolute Gasteiger partial charge is 1.00 e. The Balaban J connectivity index is -0.000000516. The Labute approximate surface area is 287 Å². The minimum atomic E-state index is -0.0574. The van der Waals surface area contributed by atoms with Crippen LogP contribution in [0.1, 0.15) is 153 Å². The van der Waals surface area contributed by atoms with Gasteiger partial charge in [0.05, 0.1) is 0 Å². The van der Waals surface area contributed by atoms with Crippen molar-refractivity contribution in [2.24, 2.45) is 0 Å². The van der Waals surface area contributed by atoms with Crippen molar-refractivity contribution >= 4 is 18.0 Å². The van der Waals surface area contributed by atoms with Gasteiger partial charge in [0, 0.05) is 0 Å². The number of rotatable bonds is 24. The van der Waals surface area contributed by atoms with E-state index in [2.05, 4.69) is 62.4 Å². The molecule has 0 aromatic heterocycles. The van der Waals surface area contributed by atoms with E-state index in [9.17, 15) is 0 Å². The number of halogens is 7. The second-order valence-corrected chi connectivity index (χ2v) is 14.2. The zero-order valence-electron chi connectivity index (χ0n) is 27.3. The van der Waals surface area contributed by atoms with E-state index >= 15 is 0 Å². The molecule has 0 saturated carbocycles. The maximum Gasteiger partial charge on any atom is 5.00 e. The van der Waals surface area contributed by atoms with E-state index in [-0.39, 0.29) is 67.4 Å². The maximum atomic E-state index is 2.40. The molecule has 0 aliphatic heterocycles. The fraction of sp³-hybridized carbons (Fsp3) is 0.667. The molecular formula is C36H58AsF6I. The molecule has 256 valence electrons. The summed E-state index contributed by atoms with van der Waals surface area (Å²) in [6.45, 7) is 4.60. The van der Waals surface area contributed by atoms with Gasteiger partial charge < -0.3 is 28.2 Å². The maximum absolute atomic E-state index is 2.40. The van der Waals surface area contributed by atoms with Gasteiger partial charge in [-0.25, -0.2) is 0 Å². The molecule has 0 radical (unpaired) electrons. The third kappa shape index (κ3) is 30.0. The molecule has 0 nitrogen and oxygen atoms in total. The van der Waals surface area contributed by atoms with Gasteiger partial charge in [0.2, 0.25) is 0 Å². The number of unbranched alkanes of at least 4 members (excludes halogenated alkanes) is 18. The van der Waals surface area contributed by atoms with Crippen LogP contribution in [0.4, 0.5) is 0 Å². The van der Waals surface area contributed by atoms with Crippen LogP contribution in [0.5, 0.6) is 0 Å². The zero-order chi connectivity index (χ0) is 26.2. The molecule has 0 fully saturated rings. The van der Waals surface area contributed by atoms with Crippen molar-refractivity contribution in [2.45, 2.75) is 155 Å². The van der Waals surface area contributed by atoms with Crippen LogP contribution in [0.25, 0.3) is 0 Å². The monoisotopic (exact) mass is 806 g/mol. The Morgan fingerprint density at radius 2 is 0.568 bits per heavy atom. The quantitative estimate of drug-likeness (QED) is 0.0429. The summed E-state index contributed by atoms with van der Waals surface area (Å²) in [6.07, 6.45) is 30.9. The largest absolute Gasteiger partial charge is 5.00 e. The van der Waals surface area contributed by atoms with Crippen LogP contribution < -0.4 is 49.4 Å². The number of aryl methyl sites for hydroxylation is 2. The van der Waals surface area contributed by atoms with Crippen LogP contribution in [0.15, 0.2) is 48.5 Å². The molecule has 0 atom stereocenters. The summed E-state index contributed by atoms with van der Waals surface area (Å²) in [4.78, 5) is 0. The van der Waals surface area contributed by atoms with E-state index in [1.807, 2.05) is 0 Å². The normalized spacial score (nSPS) is 9.50. The van der Waals surface area contributed by atoms with E-state index in [0.29, 0.717) is 0 Å². The summed E-state index contributed by atoms with van der Waals surface area (Å²) in [6, 6.07) is 19.2. The molecule has 2 aromatic rings. The summed E-state index contributed by atoms with van der Waals surface area (Å²) < 4.78 is 3.10. The minimum Gasteiger partial charge on any atom is -1.00 e. The SMILES string of the molecule is CCCCCCCCCCCCc1ccc([I+]c2ccc(CCCCCCCCCCCC)cc2)cc1.[As+5].[F-].[F-].[F-].[F-].[F-].[F-]. The van der Waals surface area contributed by atoms with Gasteiger partial charge in [-0.05, 0) is 61.1 Å². The van der Waals surface area contributed by atoms with E-state index < -0.39 is 0 Å². The van der Waals surface area contributed by atoms with Crippen molar-refractivity contribution in [2.75, 3.05) is 0 Å². The first-order chi connectivity index (χ1) is 18.3. The Morgan fingerprint density at radius 1 is 0.341 bits per heavy atom. The predicted octanol–water partition coefficient (Wildman–Crippen LogP) is -9.62. The predicted molar refractivity (Wildman–Crippen MR) is 167 cm³/mol. The fourth-order valence-electron chi connectivity index (χ4n) is 5.19. The van der Waals surface area contributed by atoms with E-state index in [1.165, 1.54) is 152 Å². The van der Waals surface area contributed by atoms with Gasteiger partial charge in [0.15, 0.2) is 7.14 Å². The summed E-state index contributed by atoms with van der Waals surface area (Å²) in [5.74, 6) is 0. The molecule has 0 spiro atoms. The third-order valence-corrected chi connectivity index (χ3v) is 10.4. The number of hydrogen-bond donors (Lipinski definition) is 0. The van der Waals surface area contributed by atoms with E-state index in [4.69, 9.17) is 0 Å². The summed E-state index contributed by atoms with van der Waals surface area (Å²) in [5.41, 5.74) is 3.05. The van der Waals surface area contributed by atoms with Gasteiger partial charge in [-0.15, -0.1) is 0 Å². The summed E-state index contributed by atoms with van der Waals surface area (Å²) >= 11 is -0.0574. The van der Waals surface area contributed by atoms with Crippen molar-refractivity contribution in [3.8, 4) is 0 Å². The molecule has 8 heteroatoms. The van der Waals surface area contributed by atoms with Crippen LogP contribution in [0, 0.1) is 7.14 Å². The summed E-state index contributed by atoms with van der Waals surface area (Å²) in [5, 5.41) is 0. The minimum absolute atomic E-state index is 0. The van der Waals surface area contributed by atoms with Crippen LogP contribution in [0.2, 0.25) is 0 Å². The molecular weight excluding hydrogens is 748 g/mol. The standard InChI is InChI=1S/C36H58I.As.6FH/c1-3-5-7-9-11-13-15-17-19-21-23-33-25-29-35(30-26-33)37-36-31-27-34(28-32-36)24-22-20-18-16-14-12-10-8-6-4-2;;;;;;;/h25-32H,3-24H2,1-2H3;;6*1H/q+1;+5;;;;;;/p-6. The molecule has 0 bridgehead atoms. The molecule has 0 aliphatic rings. The van der Waals surface area contributed by atoms with Gasteiger partial charge in [-0.3, -0.25) is 0 Å².